The first-order valence-electron chi connectivity index (χ1n) is 8.62. The van der Waals surface area contributed by atoms with Crippen LogP contribution in [0.5, 0.6) is 5.75 Å². The number of aryl methyl sites for hydroxylation is 1. The first-order chi connectivity index (χ1) is 13.5. The molecule has 0 spiro atoms. The Bertz CT molecular complexity index is 979. The summed E-state index contributed by atoms with van der Waals surface area (Å²) in [4.78, 5) is 28.6. The number of Topliss-reactive ketones (excluding diaryl/α,β-unsaturated/α-hetero) is 1. The molecule has 0 radical (unpaired) electrons. The van der Waals surface area contributed by atoms with Crippen molar-refractivity contribution in [3.8, 4) is 17.2 Å². The summed E-state index contributed by atoms with van der Waals surface area (Å²) in [5.74, 6) is 0.584. The van der Waals surface area contributed by atoms with E-state index in [0.717, 1.165) is 11.3 Å². The zero-order valence-electron chi connectivity index (χ0n) is 15.5. The Balaban J connectivity index is 1.60. The van der Waals surface area contributed by atoms with Gasteiger partial charge in [-0.25, -0.2) is 9.37 Å². The van der Waals surface area contributed by atoms with Crippen LogP contribution in [0.25, 0.3) is 11.5 Å². The maximum atomic E-state index is 12.9. The maximum Gasteiger partial charge on any atom is 0.226 e. The largest absolute Gasteiger partial charge is 0.497 e. The Kier molecular flexibility index (Phi) is 5.84. The van der Waals surface area contributed by atoms with Crippen molar-refractivity contribution in [2.75, 3.05) is 13.7 Å². The number of aromatic nitrogens is 1. The first-order valence-corrected chi connectivity index (χ1v) is 8.62. The number of oxazole rings is 1. The van der Waals surface area contributed by atoms with Gasteiger partial charge in [0.05, 0.1) is 25.8 Å². The number of ketones is 1. The van der Waals surface area contributed by atoms with Crippen LogP contribution in [-0.2, 0) is 11.2 Å². The standard InChI is InChI=1S/C21H19FN2O4/c1-13-18(24-21(28-13)15-5-9-17(27-2)10-6-15)11-20(26)23-12-19(25)14-3-7-16(22)8-4-14/h3-10H,11-12H2,1-2H3,(H,23,26). The Morgan fingerprint density at radius 1 is 1.11 bits per heavy atom. The fourth-order valence-corrected chi connectivity index (χ4v) is 2.58. The van der Waals surface area contributed by atoms with Gasteiger partial charge in [0.1, 0.15) is 17.3 Å². The van der Waals surface area contributed by atoms with Crippen LogP contribution in [0.2, 0.25) is 0 Å². The molecule has 0 unspecified atom stereocenters. The van der Waals surface area contributed by atoms with Crippen LogP contribution in [0.3, 0.4) is 0 Å². The van der Waals surface area contributed by atoms with E-state index in [9.17, 15) is 14.0 Å². The summed E-state index contributed by atoms with van der Waals surface area (Å²) in [6.07, 6.45) is -0.0117. The summed E-state index contributed by atoms with van der Waals surface area (Å²) in [5.41, 5.74) is 1.60. The minimum Gasteiger partial charge on any atom is -0.497 e. The minimum atomic E-state index is -0.422. The molecule has 3 rings (SSSR count). The number of hydrogen-bond donors (Lipinski definition) is 1. The van der Waals surface area contributed by atoms with Crippen molar-refractivity contribution in [1.82, 2.24) is 10.3 Å². The van der Waals surface area contributed by atoms with E-state index in [1.807, 2.05) is 12.1 Å². The lowest BCUT2D eigenvalue weighted by molar-refractivity contribution is -0.120. The Labute approximate surface area is 161 Å². The average molecular weight is 382 g/mol. The second kappa shape index (κ2) is 8.47. The molecule has 0 aliphatic rings. The van der Waals surface area contributed by atoms with Crippen molar-refractivity contribution >= 4 is 11.7 Å². The normalized spacial score (nSPS) is 10.5. The predicted octanol–water partition coefficient (Wildman–Crippen LogP) is 3.34. The highest BCUT2D eigenvalue weighted by Gasteiger charge is 2.16. The Morgan fingerprint density at radius 2 is 1.79 bits per heavy atom. The zero-order valence-corrected chi connectivity index (χ0v) is 15.5. The van der Waals surface area contributed by atoms with Crippen molar-refractivity contribution in [3.63, 3.8) is 0 Å². The van der Waals surface area contributed by atoms with Gasteiger partial charge in [-0.15, -0.1) is 0 Å². The van der Waals surface area contributed by atoms with E-state index in [1.165, 1.54) is 24.3 Å². The number of carbonyl (C=O) groups excluding carboxylic acids is 2. The molecule has 3 aromatic rings. The predicted molar refractivity (Wildman–Crippen MR) is 101 cm³/mol. The lowest BCUT2D eigenvalue weighted by Gasteiger charge is -2.04. The van der Waals surface area contributed by atoms with Gasteiger partial charge in [0.2, 0.25) is 11.8 Å². The van der Waals surface area contributed by atoms with Crippen molar-refractivity contribution < 1.29 is 23.1 Å². The topological polar surface area (TPSA) is 81.4 Å². The van der Waals surface area contributed by atoms with E-state index in [4.69, 9.17) is 9.15 Å². The monoisotopic (exact) mass is 382 g/mol. The lowest BCUT2D eigenvalue weighted by atomic mass is 10.1. The van der Waals surface area contributed by atoms with Crippen LogP contribution in [0.1, 0.15) is 21.8 Å². The van der Waals surface area contributed by atoms with Gasteiger partial charge in [-0.3, -0.25) is 9.59 Å². The number of halogens is 1. The van der Waals surface area contributed by atoms with Gasteiger partial charge in [-0.1, -0.05) is 0 Å². The van der Waals surface area contributed by atoms with Gasteiger partial charge in [-0.05, 0) is 55.5 Å². The molecule has 1 N–H and O–H groups in total. The molecule has 28 heavy (non-hydrogen) atoms. The highest BCUT2D eigenvalue weighted by atomic mass is 19.1. The molecular formula is C21H19FN2O4. The van der Waals surface area contributed by atoms with E-state index < -0.39 is 5.82 Å². The number of ether oxygens (including phenoxy) is 1. The molecule has 0 saturated carbocycles. The van der Waals surface area contributed by atoms with Crippen molar-refractivity contribution in [2.24, 2.45) is 0 Å². The highest BCUT2D eigenvalue weighted by Crippen LogP contribution is 2.24. The molecule has 7 heteroatoms. The quantitative estimate of drug-likeness (QED) is 0.634. The van der Waals surface area contributed by atoms with Gasteiger partial charge in [0, 0.05) is 11.1 Å². The van der Waals surface area contributed by atoms with Crippen LogP contribution in [-0.4, -0.2) is 30.3 Å². The molecular weight excluding hydrogens is 363 g/mol. The number of nitrogens with one attached hydrogen (secondary N) is 1. The summed E-state index contributed by atoms with van der Waals surface area (Å²) >= 11 is 0. The molecule has 0 fully saturated rings. The third-order valence-corrected chi connectivity index (χ3v) is 4.17. The van der Waals surface area contributed by atoms with E-state index in [2.05, 4.69) is 10.3 Å². The highest BCUT2D eigenvalue weighted by molar-refractivity contribution is 5.99. The molecule has 1 aromatic heterocycles. The molecule has 0 bridgehead atoms. The summed E-state index contributed by atoms with van der Waals surface area (Å²) < 4.78 is 23.7. The molecule has 144 valence electrons. The van der Waals surface area contributed by atoms with Crippen molar-refractivity contribution in [2.45, 2.75) is 13.3 Å². The lowest BCUT2D eigenvalue weighted by Crippen LogP contribution is -2.31. The molecule has 0 atom stereocenters. The average Bonchev–Trinajstić information content (AvgIpc) is 3.07. The smallest absolute Gasteiger partial charge is 0.226 e. The van der Waals surface area contributed by atoms with E-state index >= 15 is 0 Å². The fraction of sp³-hybridized carbons (Fsp3) is 0.190. The Morgan fingerprint density at radius 3 is 2.43 bits per heavy atom. The van der Waals surface area contributed by atoms with Crippen LogP contribution in [0.4, 0.5) is 4.39 Å². The Hall–Kier alpha value is -3.48. The van der Waals surface area contributed by atoms with Gasteiger partial charge < -0.3 is 14.5 Å². The number of amides is 1. The van der Waals surface area contributed by atoms with Crippen LogP contribution in [0, 0.1) is 12.7 Å². The molecule has 0 aliphatic carbocycles. The maximum absolute atomic E-state index is 12.9. The molecule has 2 aromatic carbocycles. The van der Waals surface area contributed by atoms with Gasteiger partial charge in [-0.2, -0.15) is 0 Å². The summed E-state index contributed by atoms with van der Waals surface area (Å²) in [7, 11) is 1.59. The van der Waals surface area contributed by atoms with Crippen LogP contribution < -0.4 is 10.1 Å². The van der Waals surface area contributed by atoms with Gasteiger partial charge in [0.25, 0.3) is 0 Å². The second-order valence-electron chi connectivity index (χ2n) is 6.13. The van der Waals surface area contributed by atoms with E-state index in [1.54, 1.807) is 26.2 Å². The molecule has 1 heterocycles. The molecule has 0 saturated heterocycles. The first kappa shape index (κ1) is 19.3. The third-order valence-electron chi connectivity index (χ3n) is 4.17. The molecule has 1 amide bonds. The summed E-state index contributed by atoms with van der Waals surface area (Å²) in [6.45, 7) is 1.55. The summed E-state index contributed by atoms with van der Waals surface area (Å²) in [6, 6.07) is 12.4. The van der Waals surface area contributed by atoms with Crippen LogP contribution >= 0.6 is 0 Å². The summed E-state index contributed by atoms with van der Waals surface area (Å²) in [5, 5.41) is 2.55. The number of hydrogen-bond acceptors (Lipinski definition) is 5. The van der Waals surface area contributed by atoms with Crippen molar-refractivity contribution in [1.29, 1.82) is 0 Å². The minimum absolute atomic E-state index is 0.0117. The third kappa shape index (κ3) is 4.62. The van der Waals surface area contributed by atoms with Gasteiger partial charge >= 0.3 is 0 Å². The number of rotatable bonds is 7. The number of carbonyl (C=O) groups is 2. The number of methoxy groups -OCH3 is 1. The van der Waals surface area contributed by atoms with Crippen molar-refractivity contribution in [3.05, 3.63) is 71.4 Å². The SMILES string of the molecule is COc1ccc(-c2nc(CC(=O)NCC(=O)c3ccc(F)cc3)c(C)o2)cc1. The zero-order chi connectivity index (χ0) is 20.1. The molecule has 6 nitrogen and oxygen atoms in total. The fourth-order valence-electron chi connectivity index (χ4n) is 2.58. The second-order valence-corrected chi connectivity index (χ2v) is 6.13. The van der Waals surface area contributed by atoms with Crippen LogP contribution in [0.15, 0.2) is 52.9 Å². The number of benzene rings is 2. The van der Waals surface area contributed by atoms with E-state index in [0.29, 0.717) is 22.9 Å². The van der Waals surface area contributed by atoms with Gasteiger partial charge in [0.15, 0.2) is 5.78 Å². The number of nitrogens with zero attached hydrogens (tertiary/aromatic N) is 1. The van der Waals surface area contributed by atoms with E-state index in [-0.39, 0.29) is 24.7 Å². The molecule has 0 aliphatic heterocycles.